The summed E-state index contributed by atoms with van der Waals surface area (Å²) in [6, 6.07) is 16.5. The van der Waals surface area contributed by atoms with Crippen molar-refractivity contribution < 1.29 is 4.74 Å². The maximum atomic E-state index is 5.57. The van der Waals surface area contributed by atoms with Crippen molar-refractivity contribution in [2.24, 2.45) is 0 Å². The molecule has 0 atom stereocenters. The molecule has 1 aliphatic rings. The molecule has 7 heteroatoms. The van der Waals surface area contributed by atoms with Crippen LogP contribution in [-0.2, 0) is 4.74 Å². The van der Waals surface area contributed by atoms with Gasteiger partial charge in [-0.1, -0.05) is 44.2 Å². The average molecular weight is 417 g/mol. The van der Waals surface area contributed by atoms with Gasteiger partial charge in [-0.3, -0.25) is 0 Å². The summed E-state index contributed by atoms with van der Waals surface area (Å²) in [6.07, 6.45) is 4.11. The number of hydrogen-bond donors (Lipinski definition) is 0. The first-order chi connectivity index (χ1) is 15.3. The molecule has 1 saturated heterocycles. The van der Waals surface area contributed by atoms with Crippen molar-refractivity contribution in [3.8, 4) is 17.1 Å². The van der Waals surface area contributed by atoms with Gasteiger partial charge in [-0.2, -0.15) is 14.7 Å². The molecule has 31 heavy (non-hydrogen) atoms. The molecule has 7 nitrogen and oxygen atoms in total. The summed E-state index contributed by atoms with van der Waals surface area (Å²) in [5.74, 6) is 2.28. The van der Waals surface area contributed by atoms with E-state index in [2.05, 4.69) is 43.0 Å². The Morgan fingerprint density at radius 1 is 0.968 bits per heavy atom. The molecule has 0 amide bonds. The van der Waals surface area contributed by atoms with Crippen LogP contribution in [0.2, 0.25) is 0 Å². The second kappa shape index (κ2) is 8.51. The largest absolute Gasteiger partial charge is 0.378 e. The molecule has 3 aromatic heterocycles. The van der Waals surface area contributed by atoms with E-state index in [-0.39, 0.29) is 0 Å². The average Bonchev–Trinajstić information content (AvgIpc) is 3.48. The topological polar surface area (TPSA) is 60.5 Å². The predicted octanol–water partition coefficient (Wildman–Crippen LogP) is 4.32. The summed E-state index contributed by atoms with van der Waals surface area (Å²) in [4.78, 5) is 7.25. The zero-order chi connectivity index (χ0) is 21.2. The standard InChI is InChI=1S/C24H28N6O/c1-3-18(4-2)21-16-23-25-22(17-24(30(23)27-21)28-12-14-31-15-13-28)29-11-10-20(26-29)19-8-6-5-7-9-19/h5-11,16-18H,3-4,12-15H2,1-2H3. The fourth-order valence-electron chi connectivity index (χ4n) is 4.22. The summed E-state index contributed by atoms with van der Waals surface area (Å²) in [7, 11) is 0. The van der Waals surface area contributed by atoms with Crippen LogP contribution in [0.5, 0.6) is 0 Å². The molecular formula is C24H28N6O. The molecule has 0 aliphatic carbocycles. The van der Waals surface area contributed by atoms with Crippen LogP contribution in [0.25, 0.3) is 22.7 Å². The Hall–Kier alpha value is -3.19. The number of benzene rings is 1. The highest BCUT2D eigenvalue weighted by atomic mass is 16.5. The molecule has 4 aromatic rings. The van der Waals surface area contributed by atoms with Crippen LogP contribution in [0.4, 0.5) is 5.82 Å². The lowest BCUT2D eigenvalue weighted by Crippen LogP contribution is -2.37. The number of fused-ring (bicyclic) bond motifs is 1. The summed E-state index contributed by atoms with van der Waals surface area (Å²) in [5, 5.41) is 9.76. The Morgan fingerprint density at radius 2 is 1.74 bits per heavy atom. The first-order valence-electron chi connectivity index (χ1n) is 11.1. The van der Waals surface area contributed by atoms with Crippen molar-refractivity contribution in [2.45, 2.75) is 32.6 Å². The zero-order valence-electron chi connectivity index (χ0n) is 18.1. The van der Waals surface area contributed by atoms with Gasteiger partial charge in [0.1, 0.15) is 5.82 Å². The van der Waals surface area contributed by atoms with E-state index in [4.69, 9.17) is 19.9 Å². The summed E-state index contributed by atoms with van der Waals surface area (Å²) in [6.45, 7) is 7.56. The summed E-state index contributed by atoms with van der Waals surface area (Å²) in [5.41, 5.74) is 3.99. The van der Waals surface area contributed by atoms with E-state index >= 15 is 0 Å². The van der Waals surface area contributed by atoms with Gasteiger partial charge in [-0.15, -0.1) is 0 Å². The number of aromatic nitrogens is 5. The van der Waals surface area contributed by atoms with E-state index in [0.717, 1.165) is 73.4 Å². The Morgan fingerprint density at radius 3 is 2.48 bits per heavy atom. The van der Waals surface area contributed by atoms with Gasteiger partial charge in [0.05, 0.1) is 24.6 Å². The Balaban J connectivity index is 1.61. The van der Waals surface area contributed by atoms with Crippen LogP contribution < -0.4 is 4.90 Å². The number of rotatable bonds is 6. The monoisotopic (exact) mass is 416 g/mol. The van der Waals surface area contributed by atoms with Gasteiger partial charge in [0, 0.05) is 42.9 Å². The van der Waals surface area contributed by atoms with Crippen LogP contribution in [0.1, 0.15) is 38.3 Å². The molecule has 1 aliphatic heterocycles. The molecule has 0 saturated carbocycles. The van der Waals surface area contributed by atoms with E-state index in [9.17, 15) is 0 Å². The number of morpholine rings is 1. The van der Waals surface area contributed by atoms with Gasteiger partial charge in [0.2, 0.25) is 0 Å². The second-order valence-corrected chi connectivity index (χ2v) is 7.94. The molecule has 1 aromatic carbocycles. The first-order valence-corrected chi connectivity index (χ1v) is 11.1. The Bertz CT molecular complexity index is 1160. The zero-order valence-corrected chi connectivity index (χ0v) is 18.1. The molecule has 1 fully saturated rings. The third kappa shape index (κ3) is 3.81. The van der Waals surface area contributed by atoms with Crippen molar-refractivity contribution in [1.29, 1.82) is 0 Å². The van der Waals surface area contributed by atoms with E-state index < -0.39 is 0 Å². The molecule has 0 bridgehead atoms. The molecule has 0 spiro atoms. The minimum atomic E-state index is 0.442. The lowest BCUT2D eigenvalue weighted by atomic mass is 10.00. The van der Waals surface area contributed by atoms with E-state index in [1.165, 1.54) is 0 Å². The van der Waals surface area contributed by atoms with Crippen molar-refractivity contribution in [3.05, 3.63) is 60.4 Å². The predicted molar refractivity (Wildman–Crippen MR) is 122 cm³/mol. The summed E-state index contributed by atoms with van der Waals surface area (Å²) >= 11 is 0. The molecule has 5 rings (SSSR count). The van der Waals surface area contributed by atoms with Crippen molar-refractivity contribution in [3.63, 3.8) is 0 Å². The highest BCUT2D eigenvalue weighted by Crippen LogP contribution is 2.27. The van der Waals surface area contributed by atoms with Crippen molar-refractivity contribution in [2.75, 3.05) is 31.2 Å². The molecule has 0 radical (unpaired) electrons. The minimum Gasteiger partial charge on any atom is -0.378 e. The Labute approximate surface area is 182 Å². The van der Waals surface area contributed by atoms with Crippen LogP contribution in [0, 0.1) is 0 Å². The van der Waals surface area contributed by atoms with Gasteiger partial charge in [-0.05, 0) is 18.9 Å². The van der Waals surface area contributed by atoms with Crippen molar-refractivity contribution >= 4 is 11.5 Å². The number of anilines is 1. The molecule has 0 unspecified atom stereocenters. The number of hydrogen-bond acceptors (Lipinski definition) is 5. The highest BCUT2D eigenvalue weighted by Gasteiger charge is 2.20. The van der Waals surface area contributed by atoms with Crippen LogP contribution in [0.3, 0.4) is 0 Å². The number of nitrogens with zero attached hydrogens (tertiary/aromatic N) is 6. The second-order valence-electron chi connectivity index (χ2n) is 7.94. The van der Waals surface area contributed by atoms with Crippen LogP contribution >= 0.6 is 0 Å². The van der Waals surface area contributed by atoms with E-state index in [1.54, 1.807) is 0 Å². The van der Waals surface area contributed by atoms with Gasteiger partial charge in [-0.25, -0.2) is 9.67 Å². The van der Waals surface area contributed by atoms with Gasteiger partial charge in [0.15, 0.2) is 11.5 Å². The lowest BCUT2D eigenvalue weighted by Gasteiger charge is -2.29. The molecule has 160 valence electrons. The van der Waals surface area contributed by atoms with E-state index in [0.29, 0.717) is 5.92 Å². The SMILES string of the molecule is CCC(CC)c1cc2nc(-n3ccc(-c4ccccc4)n3)cc(N3CCOCC3)n2n1. The third-order valence-electron chi connectivity index (χ3n) is 6.05. The van der Waals surface area contributed by atoms with Crippen LogP contribution in [-0.4, -0.2) is 50.7 Å². The van der Waals surface area contributed by atoms with Gasteiger partial charge < -0.3 is 9.64 Å². The van der Waals surface area contributed by atoms with Crippen molar-refractivity contribution in [1.82, 2.24) is 24.4 Å². The first kappa shape index (κ1) is 19.8. The fraction of sp³-hybridized carbons (Fsp3) is 0.375. The maximum absolute atomic E-state index is 5.57. The normalized spacial score (nSPS) is 14.6. The molecule has 0 N–H and O–H groups in total. The van der Waals surface area contributed by atoms with Gasteiger partial charge >= 0.3 is 0 Å². The Kier molecular flexibility index (Phi) is 5.42. The maximum Gasteiger partial charge on any atom is 0.160 e. The smallest absolute Gasteiger partial charge is 0.160 e. The third-order valence-corrected chi connectivity index (χ3v) is 6.05. The van der Waals surface area contributed by atoms with Crippen LogP contribution in [0.15, 0.2) is 54.7 Å². The quantitative estimate of drug-likeness (QED) is 0.468. The minimum absolute atomic E-state index is 0.442. The fourth-order valence-corrected chi connectivity index (χ4v) is 4.22. The summed E-state index contributed by atoms with van der Waals surface area (Å²) < 4.78 is 9.42. The lowest BCUT2D eigenvalue weighted by molar-refractivity contribution is 0.122. The van der Waals surface area contributed by atoms with E-state index in [1.807, 2.05) is 39.7 Å². The molecule has 4 heterocycles. The molecular weight excluding hydrogens is 388 g/mol. The van der Waals surface area contributed by atoms with Gasteiger partial charge in [0.25, 0.3) is 0 Å². The highest BCUT2D eigenvalue weighted by molar-refractivity contribution is 5.60. The number of ether oxygens (including phenoxy) is 1.